The summed E-state index contributed by atoms with van der Waals surface area (Å²) in [4.78, 5) is 12.1. The van der Waals surface area contributed by atoms with Gasteiger partial charge in [0.25, 0.3) is 0 Å². The quantitative estimate of drug-likeness (QED) is 0.765. The highest BCUT2D eigenvalue weighted by Gasteiger charge is 2.14. The van der Waals surface area contributed by atoms with Crippen molar-refractivity contribution in [1.82, 2.24) is 9.78 Å². The number of carbonyl (C=O) groups is 1. The second-order valence-corrected chi connectivity index (χ2v) is 7.13. The molecule has 0 aliphatic carbocycles. The fraction of sp³-hybridized carbons (Fsp3) is 0.524. The minimum Gasteiger partial charge on any atom is -0.491 e. The van der Waals surface area contributed by atoms with E-state index in [-0.39, 0.29) is 12.0 Å². The van der Waals surface area contributed by atoms with E-state index in [2.05, 4.69) is 10.4 Å². The molecule has 6 nitrogen and oxygen atoms in total. The highest BCUT2D eigenvalue weighted by molar-refractivity contribution is 5.90. The highest BCUT2D eigenvalue weighted by Crippen LogP contribution is 2.18. The molecule has 1 amide bonds. The van der Waals surface area contributed by atoms with E-state index >= 15 is 0 Å². The van der Waals surface area contributed by atoms with Crippen molar-refractivity contribution in [1.29, 1.82) is 0 Å². The molecule has 2 heterocycles. The molecule has 1 aliphatic heterocycles. The lowest BCUT2D eigenvalue weighted by atomic mass is 10.1. The molecule has 2 aromatic rings. The number of aryl methyl sites for hydroxylation is 3. The summed E-state index contributed by atoms with van der Waals surface area (Å²) in [7, 11) is 0. The van der Waals surface area contributed by atoms with Gasteiger partial charge >= 0.3 is 0 Å². The molecular formula is C21H29N3O3. The lowest BCUT2D eigenvalue weighted by Gasteiger charge is -2.22. The summed E-state index contributed by atoms with van der Waals surface area (Å²) in [6.45, 7) is 6.18. The Labute approximate surface area is 160 Å². The molecule has 0 saturated carbocycles. The van der Waals surface area contributed by atoms with Crippen LogP contribution in [0.25, 0.3) is 0 Å². The van der Waals surface area contributed by atoms with Gasteiger partial charge in [0.15, 0.2) is 0 Å². The Morgan fingerprint density at radius 1 is 1.30 bits per heavy atom. The Morgan fingerprint density at radius 3 is 2.78 bits per heavy atom. The zero-order valence-corrected chi connectivity index (χ0v) is 16.2. The standard InChI is InChI=1S/C21H29N3O3/c1-16-14-17(2)24(23-16)12-5-7-21(25)22-18-8-10-19(11-9-18)27-15-20-6-3-4-13-26-20/h8-11,14,20H,3-7,12-13,15H2,1-2H3,(H,22,25). The third-order valence-electron chi connectivity index (χ3n) is 4.73. The van der Waals surface area contributed by atoms with Gasteiger partial charge in [0.1, 0.15) is 12.4 Å². The Hall–Kier alpha value is -2.34. The predicted octanol–water partition coefficient (Wildman–Crippen LogP) is 3.87. The van der Waals surface area contributed by atoms with Gasteiger partial charge in [-0.25, -0.2) is 0 Å². The Morgan fingerprint density at radius 2 is 2.11 bits per heavy atom. The molecule has 1 aromatic carbocycles. The summed E-state index contributed by atoms with van der Waals surface area (Å²) in [6, 6.07) is 9.55. The van der Waals surface area contributed by atoms with Gasteiger partial charge in [-0.15, -0.1) is 0 Å². The topological polar surface area (TPSA) is 65.4 Å². The lowest BCUT2D eigenvalue weighted by molar-refractivity contribution is -0.116. The molecular weight excluding hydrogens is 342 g/mol. The molecule has 0 spiro atoms. The Balaban J connectivity index is 1.38. The first-order valence-corrected chi connectivity index (χ1v) is 9.75. The number of carbonyl (C=O) groups excluding carboxylic acids is 1. The van der Waals surface area contributed by atoms with Crippen molar-refractivity contribution in [2.24, 2.45) is 0 Å². The average molecular weight is 371 g/mol. The molecule has 146 valence electrons. The number of aromatic nitrogens is 2. The van der Waals surface area contributed by atoms with Gasteiger partial charge in [-0.05, 0) is 69.9 Å². The number of anilines is 1. The van der Waals surface area contributed by atoms with Crippen LogP contribution in [0.3, 0.4) is 0 Å². The van der Waals surface area contributed by atoms with Crippen LogP contribution >= 0.6 is 0 Å². The first-order valence-electron chi connectivity index (χ1n) is 9.75. The van der Waals surface area contributed by atoms with E-state index in [9.17, 15) is 4.79 Å². The van der Waals surface area contributed by atoms with Crippen LogP contribution in [0.15, 0.2) is 30.3 Å². The molecule has 1 fully saturated rings. The van der Waals surface area contributed by atoms with Gasteiger partial charge in [0.2, 0.25) is 5.91 Å². The number of hydrogen-bond donors (Lipinski definition) is 1. The highest BCUT2D eigenvalue weighted by atomic mass is 16.5. The van der Waals surface area contributed by atoms with Gasteiger partial charge < -0.3 is 14.8 Å². The van der Waals surface area contributed by atoms with Crippen LogP contribution < -0.4 is 10.1 Å². The number of hydrogen-bond acceptors (Lipinski definition) is 4. The van der Waals surface area contributed by atoms with Crippen molar-refractivity contribution >= 4 is 11.6 Å². The van der Waals surface area contributed by atoms with E-state index < -0.39 is 0 Å². The zero-order chi connectivity index (χ0) is 19.1. The Bertz CT molecular complexity index is 734. The summed E-state index contributed by atoms with van der Waals surface area (Å²) >= 11 is 0. The normalized spacial score (nSPS) is 16.9. The fourth-order valence-electron chi connectivity index (χ4n) is 3.28. The van der Waals surface area contributed by atoms with Crippen LogP contribution in [-0.2, 0) is 16.1 Å². The van der Waals surface area contributed by atoms with E-state index in [0.29, 0.717) is 13.0 Å². The Kier molecular flexibility index (Phi) is 6.87. The van der Waals surface area contributed by atoms with Crippen LogP contribution in [-0.4, -0.2) is 35.0 Å². The zero-order valence-electron chi connectivity index (χ0n) is 16.2. The third kappa shape index (κ3) is 6.10. The molecule has 1 aromatic heterocycles. The van der Waals surface area contributed by atoms with Crippen molar-refractivity contribution in [3.63, 3.8) is 0 Å². The molecule has 0 bridgehead atoms. The molecule has 3 rings (SSSR count). The predicted molar refractivity (Wildman–Crippen MR) is 105 cm³/mol. The molecule has 27 heavy (non-hydrogen) atoms. The second kappa shape index (κ2) is 9.55. The van der Waals surface area contributed by atoms with Gasteiger partial charge in [-0.1, -0.05) is 0 Å². The minimum absolute atomic E-state index is 0.0146. The lowest BCUT2D eigenvalue weighted by Crippen LogP contribution is -2.25. The van der Waals surface area contributed by atoms with Gasteiger partial charge in [0.05, 0.1) is 11.8 Å². The smallest absolute Gasteiger partial charge is 0.224 e. The number of nitrogens with one attached hydrogen (secondary N) is 1. The molecule has 1 atom stereocenters. The minimum atomic E-state index is 0.0146. The molecule has 0 radical (unpaired) electrons. The van der Waals surface area contributed by atoms with Gasteiger partial charge in [-0.3, -0.25) is 9.48 Å². The van der Waals surface area contributed by atoms with Crippen molar-refractivity contribution in [3.8, 4) is 5.75 Å². The number of nitrogens with zero attached hydrogens (tertiary/aromatic N) is 2. The van der Waals surface area contributed by atoms with Crippen molar-refractivity contribution in [2.75, 3.05) is 18.5 Å². The van der Waals surface area contributed by atoms with Crippen molar-refractivity contribution in [2.45, 2.75) is 58.6 Å². The number of rotatable bonds is 8. The third-order valence-corrected chi connectivity index (χ3v) is 4.73. The maximum Gasteiger partial charge on any atom is 0.224 e. The van der Waals surface area contributed by atoms with E-state index in [1.165, 1.54) is 6.42 Å². The molecule has 1 saturated heterocycles. The van der Waals surface area contributed by atoms with Crippen LogP contribution in [0.4, 0.5) is 5.69 Å². The number of ether oxygens (including phenoxy) is 2. The second-order valence-electron chi connectivity index (χ2n) is 7.13. The molecule has 1 unspecified atom stereocenters. The summed E-state index contributed by atoms with van der Waals surface area (Å²) in [6.07, 6.45) is 4.84. The van der Waals surface area contributed by atoms with Crippen molar-refractivity contribution in [3.05, 3.63) is 41.7 Å². The summed E-state index contributed by atoms with van der Waals surface area (Å²) in [5.41, 5.74) is 2.92. The summed E-state index contributed by atoms with van der Waals surface area (Å²) < 4.78 is 13.4. The van der Waals surface area contributed by atoms with Crippen LogP contribution in [0.2, 0.25) is 0 Å². The average Bonchev–Trinajstić information content (AvgIpc) is 2.99. The summed E-state index contributed by atoms with van der Waals surface area (Å²) in [5.74, 6) is 0.813. The molecule has 6 heteroatoms. The molecule has 1 N–H and O–H groups in total. The van der Waals surface area contributed by atoms with E-state index in [1.54, 1.807) is 0 Å². The monoisotopic (exact) mass is 371 g/mol. The van der Waals surface area contributed by atoms with E-state index in [4.69, 9.17) is 9.47 Å². The summed E-state index contributed by atoms with van der Waals surface area (Å²) in [5, 5.41) is 7.35. The number of amides is 1. The first-order chi connectivity index (χ1) is 13.1. The van der Waals surface area contributed by atoms with E-state index in [1.807, 2.05) is 48.9 Å². The fourth-order valence-corrected chi connectivity index (χ4v) is 3.28. The van der Waals surface area contributed by atoms with Crippen LogP contribution in [0.1, 0.15) is 43.5 Å². The first kappa shape index (κ1) is 19.4. The van der Waals surface area contributed by atoms with E-state index in [0.717, 1.165) is 55.2 Å². The van der Waals surface area contributed by atoms with Crippen molar-refractivity contribution < 1.29 is 14.3 Å². The molecule has 1 aliphatic rings. The number of benzene rings is 1. The van der Waals surface area contributed by atoms with Gasteiger partial charge in [-0.2, -0.15) is 5.10 Å². The maximum atomic E-state index is 12.1. The van der Waals surface area contributed by atoms with Crippen LogP contribution in [0.5, 0.6) is 5.75 Å². The van der Waals surface area contributed by atoms with Gasteiger partial charge in [0, 0.05) is 31.0 Å². The SMILES string of the molecule is Cc1cc(C)n(CCCC(=O)Nc2ccc(OCC3CCCCO3)cc2)n1. The largest absolute Gasteiger partial charge is 0.491 e. The maximum absolute atomic E-state index is 12.1. The van der Waals surface area contributed by atoms with Crippen LogP contribution in [0, 0.1) is 13.8 Å².